The molecule has 1 nitrogen and oxygen atoms in total. The smallest absolute Gasteiger partial charge is 0.262 e. The van der Waals surface area contributed by atoms with Crippen LogP contribution in [0.4, 0.5) is 13.2 Å². The Labute approximate surface area is 95.8 Å². The van der Waals surface area contributed by atoms with Crippen molar-refractivity contribution in [3.8, 4) is 0 Å². The van der Waals surface area contributed by atoms with Crippen LogP contribution < -0.4 is 0 Å². The van der Waals surface area contributed by atoms with Gasteiger partial charge in [0.15, 0.2) is 0 Å². The van der Waals surface area contributed by atoms with Crippen LogP contribution in [0.3, 0.4) is 0 Å². The maximum Gasteiger partial charge on any atom is 0.389 e. The summed E-state index contributed by atoms with van der Waals surface area (Å²) in [4.78, 5) is 3.88. The molecule has 0 aliphatic heterocycles. The summed E-state index contributed by atoms with van der Waals surface area (Å²) < 4.78 is 35.6. The summed E-state index contributed by atoms with van der Waals surface area (Å²) in [5, 5.41) is 0. The van der Waals surface area contributed by atoms with E-state index in [0.29, 0.717) is 5.71 Å². The highest BCUT2D eigenvalue weighted by Crippen LogP contribution is 2.21. The first kappa shape index (κ1) is 17.3. The molecule has 0 atom stereocenters. The number of hydrogen-bond donors (Lipinski definition) is 0. The maximum atomic E-state index is 11.9. The van der Waals surface area contributed by atoms with Crippen molar-refractivity contribution < 1.29 is 13.2 Å². The minimum Gasteiger partial charge on any atom is -0.262 e. The fraction of sp³-hybridized carbons (Fsp3) is 0.583. The Morgan fingerprint density at radius 2 is 1.69 bits per heavy atom. The zero-order valence-corrected chi connectivity index (χ0v) is 10.3. The van der Waals surface area contributed by atoms with Gasteiger partial charge in [-0.05, 0) is 26.3 Å². The van der Waals surface area contributed by atoms with E-state index in [0.717, 1.165) is 0 Å². The average Bonchev–Trinajstić information content (AvgIpc) is 2.24. The van der Waals surface area contributed by atoms with Gasteiger partial charge in [0.05, 0.1) is 0 Å². The first-order valence-electron chi connectivity index (χ1n) is 5.37. The summed E-state index contributed by atoms with van der Waals surface area (Å²) in [6.07, 6.45) is 1.43. The summed E-state index contributed by atoms with van der Waals surface area (Å²) >= 11 is 0. The third kappa shape index (κ3) is 12.9. The molecule has 0 bridgehead atoms. The van der Waals surface area contributed by atoms with Crippen LogP contribution in [0.1, 0.15) is 40.5 Å². The molecule has 0 aromatic rings. The van der Waals surface area contributed by atoms with Crippen molar-refractivity contribution in [1.82, 2.24) is 0 Å². The van der Waals surface area contributed by atoms with Crippen LogP contribution in [0.15, 0.2) is 29.4 Å². The van der Waals surface area contributed by atoms with Crippen LogP contribution in [0.2, 0.25) is 0 Å². The molecule has 0 spiro atoms. The lowest BCUT2D eigenvalue weighted by Crippen LogP contribution is -2.09. The molecule has 0 aromatic heterocycles. The molecule has 0 amide bonds. The first-order valence-corrected chi connectivity index (χ1v) is 5.37. The Morgan fingerprint density at radius 3 is 2.06 bits per heavy atom. The molecule has 0 saturated heterocycles. The topological polar surface area (TPSA) is 12.4 Å². The van der Waals surface area contributed by atoms with E-state index in [9.17, 15) is 13.2 Å². The van der Waals surface area contributed by atoms with Gasteiger partial charge in [0.2, 0.25) is 0 Å². The lowest BCUT2D eigenvalue weighted by molar-refractivity contribution is -0.132. The molecule has 0 radical (unpaired) electrons. The van der Waals surface area contributed by atoms with Gasteiger partial charge in [-0.15, -0.1) is 0 Å². The fourth-order valence-electron chi connectivity index (χ4n) is 0.823. The van der Waals surface area contributed by atoms with E-state index < -0.39 is 12.6 Å². The van der Waals surface area contributed by atoms with Crippen LogP contribution in [-0.2, 0) is 0 Å². The molecule has 4 heteroatoms. The van der Waals surface area contributed by atoms with E-state index in [-0.39, 0.29) is 6.42 Å². The zero-order valence-electron chi connectivity index (χ0n) is 10.3. The summed E-state index contributed by atoms with van der Waals surface area (Å²) in [5.74, 6) is 0. The number of allylic oxidation sites excluding steroid dienone is 3. The second kappa shape index (κ2) is 10.5. The summed E-state index contributed by atoms with van der Waals surface area (Å²) in [7, 11) is 0. The Kier molecular flexibility index (Phi) is 11.3. The number of aliphatic imine (C=N–C) groups is 1. The molecule has 0 saturated carbocycles. The SMILES string of the molecule is CC.C\C=C/N=C(\C=C/C)CCC(F)(F)F. The first-order chi connectivity index (χ1) is 7.49. The molecule has 0 rings (SSSR count). The van der Waals surface area contributed by atoms with E-state index in [1.54, 1.807) is 32.1 Å². The van der Waals surface area contributed by atoms with Gasteiger partial charge >= 0.3 is 6.18 Å². The predicted molar refractivity (Wildman–Crippen MR) is 63.7 cm³/mol. The fourth-order valence-corrected chi connectivity index (χ4v) is 0.823. The number of hydrogen-bond acceptors (Lipinski definition) is 1. The molecule has 0 aliphatic rings. The quantitative estimate of drug-likeness (QED) is 0.614. The molecular weight excluding hydrogens is 215 g/mol. The Balaban J connectivity index is 0. The van der Waals surface area contributed by atoms with Crippen LogP contribution in [0.5, 0.6) is 0 Å². The van der Waals surface area contributed by atoms with E-state index in [1.807, 2.05) is 13.8 Å². The summed E-state index contributed by atoms with van der Waals surface area (Å²) in [5.41, 5.74) is 0.447. The number of nitrogens with zero attached hydrogens (tertiary/aromatic N) is 1. The van der Waals surface area contributed by atoms with Gasteiger partial charge in [-0.3, -0.25) is 4.99 Å². The van der Waals surface area contributed by atoms with Crippen molar-refractivity contribution in [3.05, 3.63) is 24.4 Å². The highest BCUT2D eigenvalue weighted by Gasteiger charge is 2.26. The van der Waals surface area contributed by atoms with Crippen molar-refractivity contribution in [3.63, 3.8) is 0 Å². The van der Waals surface area contributed by atoms with E-state index in [4.69, 9.17) is 0 Å². The molecule has 0 N–H and O–H groups in total. The lowest BCUT2D eigenvalue weighted by atomic mass is 10.2. The summed E-state index contributed by atoms with van der Waals surface area (Å²) in [6.45, 7) is 7.51. The van der Waals surface area contributed by atoms with E-state index in [2.05, 4.69) is 4.99 Å². The maximum absolute atomic E-state index is 11.9. The molecule has 0 unspecified atom stereocenters. The van der Waals surface area contributed by atoms with Crippen molar-refractivity contribution in [1.29, 1.82) is 0 Å². The van der Waals surface area contributed by atoms with E-state index in [1.165, 1.54) is 6.20 Å². The van der Waals surface area contributed by atoms with Gasteiger partial charge in [-0.2, -0.15) is 13.2 Å². The minimum atomic E-state index is -4.11. The highest BCUT2D eigenvalue weighted by atomic mass is 19.4. The minimum absolute atomic E-state index is 0.0713. The average molecular weight is 235 g/mol. The molecule has 0 heterocycles. The van der Waals surface area contributed by atoms with Crippen molar-refractivity contribution >= 4 is 5.71 Å². The number of alkyl halides is 3. The number of rotatable bonds is 4. The molecule has 16 heavy (non-hydrogen) atoms. The zero-order chi connectivity index (χ0) is 13.0. The van der Waals surface area contributed by atoms with Crippen molar-refractivity contribution in [2.24, 2.45) is 4.99 Å². The molecule has 0 aromatic carbocycles. The van der Waals surface area contributed by atoms with Crippen LogP contribution in [-0.4, -0.2) is 11.9 Å². The number of halogens is 3. The van der Waals surface area contributed by atoms with Gasteiger partial charge in [0.1, 0.15) is 0 Å². The standard InChI is InChI=1S/C10H14F3N.C2H6/c1-3-5-9(14-8-4-2)6-7-10(11,12)13;1-2/h3-5,8H,6-7H2,1-2H3;1-2H3/b5-3-,8-4-,14-9+;. The third-order valence-corrected chi connectivity index (χ3v) is 1.41. The van der Waals surface area contributed by atoms with Crippen LogP contribution >= 0.6 is 0 Å². The van der Waals surface area contributed by atoms with Gasteiger partial charge in [-0.1, -0.05) is 26.0 Å². The highest BCUT2D eigenvalue weighted by molar-refractivity contribution is 5.95. The Bertz CT molecular complexity index is 237. The van der Waals surface area contributed by atoms with Gasteiger partial charge < -0.3 is 0 Å². The van der Waals surface area contributed by atoms with Gasteiger partial charge in [0, 0.05) is 18.3 Å². The monoisotopic (exact) mass is 235 g/mol. The molecule has 0 aliphatic carbocycles. The third-order valence-electron chi connectivity index (χ3n) is 1.41. The second-order valence-electron chi connectivity index (χ2n) is 2.72. The van der Waals surface area contributed by atoms with Crippen molar-refractivity contribution in [2.45, 2.75) is 46.7 Å². The van der Waals surface area contributed by atoms with Crippen molar-refractivity contribution in [2.75, 3.05) is 0 Å². The molecule has 0 fully saturated rings. The lowest BCUT2D eigenvalue weighted by Gasteiger charge is -2.05. The van der Waals surface area contributed by atoms with Crippen LogP contribution in [0, 0.1) is 0 Å². The molecular formula is C12H20F3N. The Morgan fingerprint density at radius 1 is 1.12 bits per heavy atom. The van der Waals surface area contributed by atoms with Crippen LogP contribution in [0.25, 0.3) is 0 Å². The Hall–Kier alpha value is -1.06. The molecule has 94 valence electrons. The largest absolute Gasteiger partial charge is 0.389 e. The van der Waals surface area contributed by atoms with Gasteiger partial charge in [-0.25, -0.2) is 0 Å². The summed E-state index contributed by atoms with van der Waals surface area (Å²) in [6, 6.07) is 0. The van der Waals surface area contributed by atoms with Gasteiger partial charge in [0.25, 0.3) is 0 Å². The van der Waals surface area contributed by atoms with E-state index >= 15 is 0 Å². The second-order valence-corrected chi connectivity index (χ2v) is 2.72. The predicted octanol–water partition coefficient (Wildman–Crippen LogP) is 4.91. The normalized spacial score (nSPS) is 13.1.